The summed E-state index contributed by atoms with van der Waals surface area (Å²) < 4.78 is 1.98. The van der Waals surface area contributed by atoms with Crippen LogP contribution in [-0.2, 0) is 26.4 Å². The van der Waals surface area contributed by atoms with Gasteiger partial charge in [0.25, 0.3) is 0 Å². The number of hydrogen-bond donors (Lipinski definition) is 1. The molecule has 0 fully saturated rings. The molecule has 4 heteroatoms. The van der Waals surface area contributed by atoms with Gasteiger partial charge in [0.1, 0.15) is 0 Å². The Morgan fingerprint density at radius 1 is 1.25 bits per heavy atom. The van der Waals surface area contributed by atoms with E-state index in [1.165, 1.54) is 0 Å². The molecule has 2 aromatic rings. The normalized spacial score (nSPS) is 10.6. The summed E-state index contributed by atoms with van der Waals surface area (Å²) in [6.07, 6.45) is 5.43. The Balaban J connectivity index is 2.05. The van der Waals surface area contributed by atoms with Crippen molar-refractivity contribution in [3.8, 4) is 0 Å². The predicted octanol–water partition coefficient (Wildman–Crippen LogP) is 1.06. The topological polar surface area (TPSA) is 56.7 Å². The van der Waals surface area contributed by atoms with Crippen molar-refractivity contribution in [3.05, 3.63) is 47.8 Å². The van der Waals surface area contributed by atoms with Crippen LogP contribution >= 0.6 is 0 Å². The molecule has 2 N–H and O–H groups in total. The third kappa shape index (κ3) is 2.28. The van der Waals surface area contributed by atoms with Gasteiger partial charge in [0.15, 0.2) is 0 Å². The quantitative estimate of drug-likeness (QED) is 0.831. The number of rotatable bonds is 4. The number of pyridine rings is 1. The molecule has 0 amide bonds. The van der Waals surface area contributed by atoms with Gasteiger partial charge in [-0.05, 0) is 25.0 Å². The first-order chi connectivity index (χ1) is 7.81. The van der Waals surface area contributed by atoms with Crippen molar-refractivity contribution in [1.29, 1.82) is 0 Å². The van der Waals surface area contributed by atoms with Crippen LogP contribution in [0.3, 0.4) is 0 Å². The van der Waals surface area contributed by atoms with E-state index in [0.717, 1.165) is 29.9 Å². The fourth-order valence-electron chi connectivity index (χ4n) is 1.77. The van der Waals surface area contributed by atoms with Gasteiger partial charge in [-0.2, -0.15) is 0 Å². The SMILES string of the molecule is Cn1cnc(CCc2ccccn2)c1CN. The van der Waals surface area contributed by atoms with Crippen molar-refractivity contribution >= 4 is 0 Å². The number of aryl methyl sites for hydroxylation is 3. The fraction of sp³-hybridized carbons (Fsp3) is 0.333. The van der Waals surface area contributed by atoms with E-state index in [2.05, 4.69) is 9.97 Å². The third-order valence-electron chi connectivity index (χ3n) is 2.68. The molecule has 4 nitrogen and oxygen atoms in total. The van der Waals surface area contributed by atoms with E-state index in [1.807, 2.05) is 42.3 Å². The minimum absolute atomic E-state index is 0.536. The molecular formula is C12H16N4. The molecule has 0 saturated heterocycles. The highest BCUT2D eigenvalue weighted by Gasteiger charge is 2.07. The molecule has 0 aliphatic carbocycles. The lowest BCUT2D eigenvalue weighted by Gasteiger charge is -2.02. The highest BCUT2D eigenvalue weighted by Crippen LogP contribution is 2.08. The van der Waals surface area contributed by atoms with Crippen molar-refractivity contribution in [2.75, 3.05) is 0 Å². The Kier molecular flexibility index (Phi) is 3.31. The van der Waals surface area contributed by atoms with Crippen molar-refractivity contribution in [2.45, 2.75) is 19.4 Å². The first kappa shape index (κ1) is 10.8. The minimum atomic E-state index is 0.536. The Bertz CT molecular complexity index is 447. The second kappa shape index (κ2) is 4.90. The zero-order chi connectivity index (χ0) is 11.4. The van der Waals surface area contributed by atoms with Gasteiger partial charge in [-0.1, -0.05) is 6.07 Å². The summed E-state index contributed by atoms with van der Waals surface area (Å²) in [7, 11) is 1.97. The van der Waals surface area contributed by atoms with Crippen LogP contribution in [0.1, 0.15) is 17.1 Å². The predicted molar refractivity (Wildman–Crippen MR) is 62.7 cm³/mol. The van der Waals surface area contributed by atoms with Crippen LogP contribution in [0.2, 0.25) is 0 Å². The second-order valence-corrected chi connectivity index (χ2v) is 3.77. The summed E-state index contributed by atoms with van der Waals surface area (Å²) in [5.74, 6) is 0. The first-order valence-electron chi connectivity index (χ1n) is 5.40. The van der Waals surface area contributed by atoms with Gasteiger partial charge in [-0.3, -0.25) is 4.98 Å². The molecule has 2 heterocycles. The molecule has 2 rings (SSSR count). The van der Waals surface area contributed by atoms with Crippen LogP contribution < -0.4 is 5.73 Å². The van der Waals surface area contributed by atoms with Gasteiger partial charge in [-0.15, -0.1) is 0 Å². The van der Waals surface area contributed by atoms with Crippen molar-refractivity contribution in [2.24, 2.45) is 12.8 Å². The lowest BCUT2D eigenvalue weighted by molar-refractivity contribution is 0.797. The van der Waals surface area contributed by atoms with E-state index in [9.17, 15) is 0 Å². The van der Waals surface area contributed by atoms with E-state index in [0.29, 0.717) is 6.54 Å². The molecule has 0 radical (unpaired) electrons. The molecule has 0 spiro atoms. The van der Waals surface area contributed by atoms with Crippen LogP contribution in [0.4, 0.5) is 0 Å². The van der Waals surface area contributed by atoms with Gasteiger partial charge in [0.2, 0.25) is 0 Å². The van der Waals surface area contributed by atoms with Crippen molar-refractivity contribution in [3.63, 3.8) is 0 Å². The van der Waals surface area contributed by atoms with Gasteiger partial charge in [0.05, 0.1) is 17.7 Å². The molecule has 0 aliphatic rings. The lowest BCUT2D eigenvalue weighted by Crippen LogP contribution is -2.06. The average Bonchev–Trinajstić information content (AvgIpc) is 2.68. The molecule has 16 heavy (non-hydrogen) atoms. The van der Waals surface area contributed by atoms with Gasteiger partial charge in [0, 0.05) is 25.5 Å². The highest BCUT2D eigenvalue weighted by atomic mass is 15.0. The second-order valence-electron chi connectivity index (χ2n) is 3.77. The monoisotopic (exact) mass is 216 g/mol. The summed E-state index contributed by atoms with van der Waals surface area (Å²) in [6, 6.07) is 5.96. The molecule has 84 valence electrons. The number of nitrogens with two attached hydrogens (primary N) is 1. The zero-order valence-corrected chi connectivity index (χ0v) is 9.43. The Labute approximate surface area is 95.1 Å². The van der Waals surface area contributed by atoms with E-state index < -0.39 is 0 Å². The smallest absolute Gasteiger partial charge is 0.0949 e. The van der Waals surface area contributed by atoms with Crippen molar-refractivity contribution in [1.82, 2.24) is 14.5 Å². The summed E-state index contributed by atoms with van der Waals surface area (Å²) in [5, 5.41) is 0. The minimum Gasteiger partial charge on any atom is -0.336 e. The van der Waals surface area contributed by atoms with Crippen LogP contribution in [0, 0.1) is 0 Å². The Morgan fingerprint density at radius 2 is 2.12 bits per heavy atom. The maximum atomic E-state index is 5.69. The number of imidazole rings is 1. The summed E-state index contributed by atoms with van der Waals surface area (Å²) in [5.41, 5.74) is 8.97. The molecule has 0 atom stereocenters. The first-order valence-corrected chi connectivity index (χ1v) is 5.40. The van der Waals surface area contributed by atoms with E-state index in [1.54, 1.807) is 0 Å². The van der Waals surface area contributed by atoms with E-state index >= 15 is 0 Å². The molecule has 0 aliphatic heterocycles. The highest BCUT2D eigenvalue weighted by molar-refractivity contribution is 5.15. The average molecular weight is 216 g/mol. The maximum Gasteiger partial charge on any atom is 0.0949 e. The van der Waals surface area contributed by atoms with Crippen LogP contribution in [-0.4, -0.2) is 14.5 Å². The van der Waals surface area contributed by atoms with Gasteiger partial charge < -0.3 is 10.3 Å². The molecular weight excluding hydrogens is 200 g/mol. The van der Waals surface area contributed by atoms with Crippen LogP contribution in [0.5, 0.6) is 0 Å². The van der Waals surface area contributed by atoms with Gasteiger partial charge in [-0.25, -0.2) is 4.98 Å². The maximum absolute atomic E-state index is 5.69. The van der Waals surface area contributed by atoms with E-state index in [-0.39, 0.29) is 0 Å². The summed E-state index contributed by atoms with van der Waals surface area (Å²) >= 11 is 0. The summed E-state index contributed by atoms with van der Waals surface area (Å²) in [4.78, 5) is 8.65. The van der Waals surface area contributed by atoms with Gasteiger partial charge >= 0.3 is 0 Å². The molecule has 0 unspecified atom stereocenters. The number of hydrogen-bond acceptors (Lipinski definition) is 3. The molecule has 0 bridgehead atoms. The lowest BCUT2D eigenvalue weighted by atomic mass is 10.1. The molecule has 2 aromatic heterocycles. The van der Waals surface area contributed by atoms with Crippen molar-refractivity contribution < 1.29 is 0 Å². The standard InChI is InChI=1S/C12H16N4/c1-16-9-15-11(12(16)8-13)6-5-10-4-2-3-7-14-10/h2-4,7,9H,5-6,8,13H2,1H3. The largest absolute Gasteiger partial charge is 0.336 e. The Hall–Kier alpha value is -1.68. The zero-order valence-electron chi connectivity index (χ0n) is 9.43. The Morgan fingerprint density at radius 3 is 2.81 bits per heavy atom. The molecule has 0 saturated carbocycles. The van der Waals surface area contributed by atoms with Crippen LogP contribution in [0.15, 0.2) is 30.7 Å². The number of nitrogens with zero attached hydrogens (tertiary/aromatic N) is 3. The van der Waals surface area contributed by atoms with E-state index in [4.69, 9.17) is 5.73 Å². The third-order valence-corrected chi connectivity index (χ3v) is 2.68. The fourth-order valence-corrected chi connectivity index (χ4v) is 1.77. The summed E-state index contributed by atoms with van der Waals surface area (Å²) in [6.45, 7) is 0.536. The number of aromatic nitrogens is 3. The molecule has 0 aromatic carbocycles. The van der Waals surface area contributed by atoms with Crippen LogP contribution in [0.25, 0.3) is 0 Å².